The van der Waals surface area contributed by atoms with Crippen molar-refractivity contribution in [3.63, 3.8) is 0 Å². The fraction of sp³-hybridized carbons (Fsp3) is 0.750. The SMILES string of the molecule is Cn1c(N2CC(C)(C)C2)n[nH]c1=S. The zero-order chi connectivity index (χ0) is 9.64. The second-order valence-electron chi connectivity index (χ2n) is 4.41. The third kappa shape index (κ3) is 1.37. The summed E-state index contributed by atoms with van der Waals surface area (Å²) in [6.07, 6.45) is 0. The molecule has 0 aliphatic carbocycles. The predicted molar refractivity (Wildman–Crippen MR) is 54.4 cm³/mol. The van der Waals surface area contributed by atoms with E-state index in [1.165, 1.54) is 0 Å². The van der Waals surface area contributed by atoms with Gasteiger partial charge in [-0.1, -0.05) is 13.8 Å². The van der Waals surface area contributed by atoms with Crippen LogP contribution in [0.3, 0.4) is 0 Å². The first kappa shape index (κ1) is 8.74. The molecule has 0 aromatic carbocycles. The van der Waals surface area contributed by atoms with Crippen LogP contribution >= 0.6 is 12.2 Å². The van der Waals surface area contributed by atoms with Crippen molar-refractivity contribution in [2.24, 2.45) is 12.5 Å². The standard InChI is InChI=1S/C8H14N4S/c1-8(2)4-12(5-8)6-9-10-7(13)11(6)3/h4-5H2,1-3H3,(H,10,13). The third-order valence-corrected chi connectivity index (χ3v) is 2.74. The molecule has 13 heavy (non-hydrogen) atoms. The maximum absolute atomic E-state index is 5.04. The second kappa shape index (κ2) is 2.57. The molecule has 72 valence electrons. The first-order chi connectivity index (χ1) is 5.99. The molecular weight excluding hydrogens is 184 g/mol. The number of nitrogens with zero attached hydrogens (tertiary/aromatic N) is 3. The van der Waals surface area contributed by atoms with Crippen LogP contribution in [0.2, 0.25) is 0 Å². The van der Waals surface area contributed by atoms with Crippen LogP contribution in [-0.2, 0) is 7.05 Å². The lowest BCUT2D eigenvalue weighted by molar-refractivity contribution is 0.271. The topological polar surface area (TPSA) is 36.9 Å². The first-order valence-electron chi connectivity index (χ1n) is 4.36. The molecule has 1 aliphatic rings. The Balaban J connectivity index is 2.21. The summed E-state index contributed by atoms with van der Waals surface area (Å²) in [5.41, 5.74) is 0.424. The van der Waals surface area contributed by atoms with Crippen molar-refractivity contribution < 1.29 is 0 Å². The number of hydrogen-bond donors (Lipinski definition) is 1. The maximum atomic E-state index is 5.04. The van der Waals surface area contributed by atoms with Gasteiger partial charge in [0.25, 0.3) is 0 Å². The Morgan fingerprint density at radius 3 is 2.46 bits per heavy atom. The van der Waals surface area contributed by atoms with Gasteiger partial charge >= 0.3 is 0 Å². The fourth-order valence-electron chi connectivity index (χ4n) is 1.75. The number of aromatic amines is 1. The van der Waals surface area contributed by atoms with Crippen LogP contribution in [0.25, 0.3) is 0 Å². The van der Waals surface area contributed by atoms with E-state index in [1.54, 1.807) is 0 Å². The molecule has 0 spiro atoms. The highest BCUT2D eigenvalue weighted by Crippen LogP contribution is 2.31. The summed E-state index contributed by atoms with van der Waals surface area (Å²) >= 11 is 5.04. The normalized spacial score (nSPS) is 20.1. The van der Waals surface area contributed by atoms with Gasteiger partial charge in [0.1, 0.15) is 0 Å². The van der Waals surface area contributed by atoms with E-state index >= 15 is 0 Å². The van der Waals surface area contributed by atoms with Gasteiger partial charge in [0, 0.05) is 20.1 Å². The van der Waals surface area contributed by atoms with Crippen molar-refractivity contribution in [2.45, 2.75) is 13.8 Å². The molecule has 5 heteroatoms. The number of H-pyrrole nitrogens is 1. The average molecular weight is 198 g/mol. The van der Waals surface area contributed by atoms with E-state index in [4.69, 9.17) is 12.2 Å². The van der Waals surface area contributed by atoms with Crippen LogP contribution in [0.15, 0.2) is 0 Å². The molecule has 0 saturated carbocycles. The molecule has 1 aliphatic heterocycles. The molecule has 0 unspecified atom stereocenters. The molecule has 1 saturated heterocycles. The molecule has 1 aromatic rings. The summed E-state index contributed by atoms with van der Waals surface area (Å²) in [7, 11) is 1.94. The lowest BCUT2D eigenvalue weighted by Gasteiger charge is -2.45. The van der Waals surface area contributed by atoms with E-state index in [0.29, 0.717) is 10.2 Å². The Morgan fingerprint density at radius 2 is 2.08 bits per heavy atom. The van der Waals surface area contributed by atoms with E-state index in [1.807, 2.05) is 11.6 Å². The van der Waals surface area contributed by atoms with Crippen molar-refractivity contribution in [1.29, 1.82) is 0 Å². The van der Waals surface area contributed by atoms with Gasteiger partial charge in [-0.15, -0.1) is 5.10 Å². The van der Waals surface area contributed by atoms with Gasteiger partial charge in [0.2, 0.25) is 5.95 Å². The van der Waals surface area contributed by atoms with Crippen LogP contribution in [0.1, 0.15) is 13.8 Å². The van der Waals surface area contributed by atoms with E-state index < -0.39 is 0 Å². The van der Waals surface area contributed by atoms with Crippen LogP contribution in [0, 0.1) is 10.2 Å². The van der Waals surface area contributed by atoms with Gasteiger partial charge < -0.3 is 4.90 Å². The Morgan fingerprint density at radius 1 is 1.46 bits per heavy atom. The average Bonchev–Trinajstić information content (AvgIpc) is 2.28. The van der Waals surface area contributed by atoms with Crippen LogP contribution in [0.5, 0.6) is 0 Å². The van der Waals surface area contributed by atoms with Gasteiger partial charge in [-0.3, -0.25) is 4.57 Å². The van der Waals surface area contributed by atoms with Gasteiger partial charge in [0.05, 0.1) is 0 Å². The number of aromatic nitrogens is 3. The maximum Gasteiger partial charge on any atom is 0.225 e. The first-order valence-corrected chi connectivity index (χ1v) is 4.77. The van der Waals surface area contributed by atoms with Crippen molar-refractivity contribution >= 4 is 18.2 Å². The minimum absolute atomic E-state index is 0.424. The van der Waals surface area contributed by atoms with E-state index in [0.717, 1.165) is 19.0 Å². The van der Waals surface area contributed by atoms with Crippen LogP contribution in [0.4, 0.5) is 5.95 Å². The summed E-state index contributed by atoms with van der Waals surface area (Å²) in [4.78, 5) is 2.23. The number of anilines is 1. The lowest BCUT2D eigenvalue weighted by Crippen LogP contribution is -2.53. The second-order valence-corrected chi connectivity index (χ2v) is 4.79. The van der Waals surface area contributed by atoms with Crippen molar-refractivity contribution in [1.82, 2.24) is 14.8 Å². The van der Waals surface area contributed by atoms with E-state index in [-0.39, 0.29) is 0 Å². The molecule has 2 heterocycles. The summed E-state index contributed by atoms with van der Waals surface area (Å²) in [5.74, 6) is 0.948. The van der Waals surface area contributed by atoms with Crippen molar-refractivity contribution in [3.05, 3.63) is 4.77 Å². The van der Waals surface area contributed by atoms with Crippen molar-refractivity contribution in [3.8, 4) is 0 Å². The Labute approximate surface area is 82.6 Å². The van der Waals surface area contributed by atoms with Gasteiger partial charge in [0.15, 0.2) is 4.77 Å². The predicted octanol–water partition coefficient (Wildman–Crippen LogP) is 1.32. The molecule has 1 aromatic heterocycles. The molecule has 0 radical (unpaired) electrons. The Bertz CT molecular complexity index is 368. The van der Waals surface area contributed by atoms with Crippen LogP contribution < -0.4 is 4.90 Å². The zero-order valence-electron chi connectivity index (χ0n) is 8.16. The molecular formula is C8H14N4S. The number of hydrogen-bond acceptors (Lipinski definition) is 3. The molecule has 0 amide bonds. The highest BCUT2D eigenvalue weighted by atomic mass is 32.1. The molecule has 0 atom stereocenters. The minimum atomic E-state index is 0.424. The van der Waals surface area contributed by atoms with E-state index in [9.17, 15) is 0 Å². The smallest absolute Gasteiger partial charge is 0.225 e. The summed E-state index contributed by atoms with van der Waals surface area (Å²) in [6.45, 7) is 6.62. The molecule has 2 rings (SSSR count). The highest BCUT2D eigenvalue weighted by molar-refractivity contribution is 7.71. The largest absolute Gasteiger partial charge is 0.340 e. The van der Waals surface area contributed by atoms with Crippen molar-refractivity contribution in [2.75, 3.05) is 18.0 Å². The van der Waals surface area contributed by atoms with Gasteiger partial charge in [-0.05, 0) is 17.6 Å². The van der Waals surface area contributed by atoms with Gasteiger partial charge in [-0.2, -0.15) is 0 Å². The summed E-state index contributed by atoms with van der Waals surface area (Å²) in [6, 6.07) is 0. The molecule has 1 fully saturated rings. The van der Waals surface area contributed by atoms with E-state index in [2.05, 4.69) is 28.9 Å². The number of rotatable bonds is 1. The third-order valence-electron chi connectivity index (χ3n) is 2.38. The monoisotopic (exact) mass is 198 g/mol. The summed E-state index contributed by atoms with van der Waals surface area (Å²) in [5, 5.41) is 6.96. The minimum Gasteiger partial charge on any atom is -0.340 e. The molecule has 4 nitrogen and oxygen atoms in total. The van der Waals surface area contributed by atoms with Crippen LogP contribution in [-0.4, -0.2) is 27.9 Å². The zero-order valence-corrected chi connectivity index (χ0v) is 8.98. The Hall–Kier alpha value is -0.840. The highest BCUT2D eigenvalue weighted by Gasteiger charge is 2.36. The fourth-order valence-corrected chi connectivity index (χ4v) is 1.88. The number of nitrogens with one attached hydrogen (secondary N) is 1. The summed E-state index contributed by atoms with van der Waals surface area (Å²) < 4.78 is 2.59. The van der Waals surface area contributed by atoms with Gasteiger partial charge in [-0.25, -0.2) is 5.10 Å². The Kier molecular flexibility index (Phi) is 1.73. The quantitative estimate of drug-likeness (QED) is 0.692. The molecule has 1 N–H and O–H groups in total. The lowest BCUT2D eigenvalue weighted by atomic mass is 9.85. The molecule has 0 bridgehead atoms.